The van der Waals surface area contributed by atoms with Crippen molar-refractivity contribution in [2.75, 3.05) is 51.2 Å². The lowest BCUT2D eigenvalue weighted by Crippen LogP contribution is -2.52. The van der Waals surface area contributed by atoms with Crippen LogP contribution in [0.2, 0.25) is 0 Å². The number of hydrogen-bond acceptors (Lipinski definition) is 3. The molecule has 3 rings (SSSR count). The molecule has 0 radical (unpaired) electrons. The van der Waals surface area contributed by atoms with Gasteiger partial charge in [0.05, 0.1) is 5.69 Å². The molecular weight excluding hydrogens is 412 g/mol. The van der Waals surface area contributed by atoms with Crippen molar-refractivity contribution in [3.63, 3.8) is 0 Å². The van der Waals surface area contributed by atoms with Crippen LogP contribution in [-0.4, -0.2) is 68.0 Å². The van der Waals surface area contributed by atoms with Crippen LogP contribution in [0.1, 0.15) is 29.8 Å². The standard InChI is InChI=1S/C24H31F2N5O/c1-4-29(5-2)23(32)19-8-6-18(7-9-19)17-28-24(27-3)31-14-12-30(13-15-31)22-16-20(25)10-11-21(22)26/h6-11,16H,4-5,12-15,17H2,1-3H3,(H,27,28). The fraction of sp³-hybridized carbons (Fsp3) is 0.417. The van der Waals surface area contributed by atoms with Crippen LogP contribution in [0, 0.1) is 11.6 Å². The van der Waals surface area contributed by atoms with Crippen LogP contribution in [0.15, 0.2) is 47.5 Å². The summed E-state index contributed by atoms with van der Waals surface area (Å²) in [5.74, 6) is -0.0537. The number of benzene rings is 2. The Morgan fingerprint density at radius 2 is 1.69 bits per heavy atom. The summed E-state index contributed by atoms with van der Waals surface area (Å²) in [6.45, 7) is 8.33. The molecule has 8 heteroatoms. The average Bonchev–Trinajstić information content (AvgIpc) is 2.82. The monoisotopic (exact) mass is 443 g/mol. The number of guanidine groups is 1. The molecule has 1 heterocycles. The summed E-state index contributed by atoms with van der Waals surface area (Å²) >= 11 is 0. The number of nitrogens with one attached hydrogen (secondary N) is 1. The topological polar surface area (TPSA) is 51.2 Å². The summed E-state index contributed by atoms with van der Waals surface area (Å²) in [7, 11) is 1.73. The van der Waals surface area contributed by atoms with E-state index in [0.717, 1.165) is 17.6 Å². The molecule has 1 aliphatic heterocycles. The zero-order valence-electron chi connectivity index (χ0n) is 18.9. The maximum Gasteiger partial charge on any atom is 0.253 e. The Morgan fingerprint density at radius 1 is 1.03 bits per heavy atom. The quantitative estimate of drug-likeness (QED) is 0.550. The number of carbonyl (C=O) groups excluding carboxylic acids is 1. The molecule has 1 fully saturated rings. The first-order valence-electron chi connectivity index (χ1n) is 11.0. The van der Waals surface area contributed by atoms with E-state index in [1.807, 2.05) is 43.0 Å². The second-order valence-corrected chi connectivity index (χ2v) is 7.64. The van der Waals surface area contributed by atoms with Gasteiger partial charge in [0, 0.05) is 64.5 Å². The van der Waals surface area contributed by atoms with Gasteiger partial charge in [0.25, 0.3) is 5.91 Å². The van der Waals surface area contributed by atoms with E-state index >= 15 is 0 Å². The van der Waals surface area contributed by atoms with Crippen LogP contribution in [0.5, 0.6) is 0 Å². The van der Waals surface area contributed by atoms with Gasteiger partial charge in [-0.2, -0.15) is 0 Å². The van der Waals surface area contributed by atoms with Crippen molar-refractivity contribution in [3.8, 4) is 0 Å². The van der Waals surface area contributed by atoms with Gasteiger partial charge in [-0.05, 0) is 43.7 Å². The highest BCUT2D eigenvalue weighted by Gasteiger charge is 2.22. The van der Waals surface area contributed by atoms with Gasteiger partial charge in [0.15, 0.2) is 5.96 Å². The predicted octanol–water partition coefficient (Wildman–Crippen LogP) is 3.34. The van der Waals surface area contributed by atoms with Gasteiger partial charge < -0.3 is 20.0 Å². The number of piperazine rings is 1. The van der Waals surface area contributed by atoms with Crippen LogP contribution in [0.4, 0.5) is 14.5 Å². The molecule has 1 amide bonds. The largest absolute Gasteiger partial charge is 0.366 e. The molecule has 0 unspecified atom stereocenters. The van der Waals surface area contributed by atoms with E-state index in [9.17, 15) is 13.6 Å². The lowest BCUT2D eigenvalue weighted by Gasteiger charge is -2.37. The Balaban J connectivity index is 1.54. The van der Waals surface area contributed by atoms with Gasteiger partial charge in [-0.25, -0.2) is 8.78 Å². The minimum Gasteiger partial charge on any atom is -0.366 e. The first-order chi connectivity index (χ1) is 15.5. The van der Waals surface area contributed by atoms with Crippen molar-refractivity contribution in [2.45, 2.75) is 20.4 Å². The molecular formula is C24H31F2N5O. The summed E-state index contributed by atoms with van der Waals surface area (Å²) in [5.41, 5.74) is 2.03. The van der Waals surface area contributed by atoms with Gasteiger partial charge >= 0.3 is 0 Å². The number of carbonyl (C=O) groups is 1. The van der Waals surface area contributed by atoms with Crippen LogP contribution < -0.4 is 10.2 Å². The molecule has 0 saturated carbocycles. The van der Waals surface area contributed by atoms with Crippen molar-refractivity contribution in [3.05, 3.63) is 65.2 Å². The van der Waals surface area contributed by atoms with Gasteiger partial charge in [-0.1, -0.05) is 12.1 Å². The molecule has 2 aromatic carbocycles. The third-order valence-electron chi connectivity index (χ3n) is 5.74. The number of rotatable bonds is 6. The average molecular weight is 444 g/mol. The number of amides is 1. The van der Waals surface area contributed by atoms with Gasteiger partial charge in [0.1, 0.15) is 11.6 Å². The first kappa shape index (κ1) is 23.5. The van der Waals surface area contributed by atoms with Crippen molar-refractivity contribution in [2.24, 2.45) is 4.99 Å². The fourth-order valence-corrected chi connectivity index (χ4v) is 3.86. The van der Waals surface area contributed by atoms with E-state index < -0.39 is 11.6 Å². The smallest absolute Gasteiger partial charge is 0.253 e. The van der Waals surface area contributed by atoms with Gasteiger partial charge in [0.2, 0.25) is 0 Å². The maximum absolute atomic E-state index is 14.1. The highest BCUT2D eigenvalue weighted by Crippen LogP contribution is 2.22. The van der Waals surface area contributed by atoms with E-state index in [0.29, 0.717) is 57.1 Å². The molecule has 0 atom stereocenters. The number of nitrogens with zero attached hydrogens (tertiary/aromatic N) is 4. The molecule has 0 bridgehead atoms. The lowest BCUT2D eigenvalue weighted by atomic mass is 10.1. The molecule has 0 aliphatic carbocycles. The number of hydrogen-bond donors (Lipinski definition) is 1. The second-order valence-electron chi connectivity index (χ2n) is 7.64. The van der Waals surface area contributed by atoms with Gasteiger partial charge in [-0.15, -0.1) is 0 Å². The Kier molecular flexibility index (Phi) is 8.03. The molecule has 0 spiro atoms. The van der Waals surface area contributed by atoms with Crippen molar-refractivity contribution >= 4 is 17.6 Å². The first-order valence-corrected chi connectivity index (χ1v) is 11.0. The highest BCUT2D eigenvalue weighted by molar-refractivity contribution is 5.94. The van der Waals surface area contributed by atoms with E-state index in [2.05, 4.69) is 15.2 Å². The van der Waals surface area contributed by atoms with Crippen LogP contribution in [0.25, 0.3) is 0 Å². The summed E-state index contributed by atoms with van der Waals surface area (Å²) in [4.78, 5) is 22.6. The number of anilines is 1. The minimum atomic E-state index is -0.439. The van der Waals surface area contributed by atoms with E-state index in [4.69, 9.17) is 0 Å². The molecule has 1 N–H and O–H groups in total. The van der Waals surface area contributed by atoms with Crippen LogP contribution in [0.3, 0.4) is 0 Å². The van der Waals surface area contributed by atoms with E-state index in [-0.39, 0.29) is 5.91 Å². The summed E-state index contributed by atoms with van der Waals surface area (Å²) < 4.78 is 27.6. The normalized spacial score (nSPS) is 14.5. The fourth-order valence-electron chi connectivity index (χ4n) is 3.86. The Hall–Kier alpha value is -3.16. The van der Waals surface area contributed by atoms with Crippen molar-refractivity contribution < 1.29 is 13.6 Å². The van der Waals surface area contributed by atoms with E-state index in [1.165, 1.54) is 12.1 Å². The van der Waals surface area contributed by atoms with Crippen molar-refractivity contribution in [1.29, 1.82) is 0 Å². The van der Waals surface area contributed by atoms with Crippen LogP contribution >= 0.6 is 0 Å². The Labute approximate surface area is 188 Å². The second kappa shape index (κ2) is 10.9. The molecule has 1 saturated heterocycles. The lowest BCUT2D eigenvalue weighted by molar-refractivity contribution is 0.0773. The Bertz CT molecular complexity index is 936. The van der Waals surface area contributed by atoms with E-state index in [1.54, 1.807) is 11.9 Å². The molecule has 1 aliphatic rings. The number of halogens is 2. The minimum absolute atomic E-state index is 0.0397. The SMILES string of the molecule is CCN(CC)C(=O)c1ccc(CNC(=NC)N2CCN(c3cc(F)ccc3F)CC2)cc1. The van der Waals surface area contributed by atoms with Crippen molar-refractivity contribution in [1.82, 2.24) is 15.1 Å². The number of aliphatic imine (C=N–C) groups is 1. The van der Waals surface area contributed by atoms with Crippen LogP contribution in [-0.2, 0) is 6.54 Å². The summed E-state index contributed by atoms with van der Waals surface area (Å²) in [5, 5.41) is 3.35. The molecule has 2 aromatic rings. The third-order valence-corrected chi connectivity index (χ3v) is 5.74. The molecule has 32 heavy (non-hydrogen) atoms. The summed E-state index contributed by atoms with van der Waals surface area (Å²) in [6, 6.07) is 11.1. The van der Waals surface area contributed by atoms with Gasteiger partial charge in [-0.3, -0.25) is 9.79 Å². The third kappa shape index (κ3) is 5.55. The summed E-state index contributed by atoms with van der Waals surface area (Å²) in [6.07, 6.45) is 0. The predicted molar refractivity (Wildman–Crippen MR) is 124 cm³/mol. The zero-order chi connectivity index (χ0) is 23.1. The molecule has 0 aromatic heterocycles. The zero-order valence-corrected chi connectivity index (χ0v) is 18.9. The highest BCUT2D eigenvalue weighted by atomic mass is 19.1. The molecule has 6 nitrogen and oxygen atoms in total. The Morgan fingerprint density at radius 3 is 2.28 bits per heavy atom. The molecule has 172 valence electrons. The maximum atomic E-state index is 14.1.